The molecule has 2 unspecified atom stereocenters. The summed E-state index contributed by atoms with van der Waals surface area (Å²) in [6, 6.07) is 5.47. The minimum atomic E-state index is 0.534. The van der Waals surface area contributed by atoms with E-state index in [0.29, 0.717) is 12.1 Å². The second-order valence-electron chi connectivity index (χ2n) is 5.54. The molecule has 0 aromatic carbocycles. The smallest absolute Gasteiger partial charge is 0.0218 e. The molecule has 0 aliphatic rings. The Labute approximate surface area is 123 Å². The van der Waals surface area contributed by atoms with Gasteiger partial charge in [-0.15, -0.1) is 11.3 Å². The van der Waals surface area contributed by atoms with Crippen LogP contribution in [0.3, 0.4) is 0 Å². The molecule has 1 rings (SSSR count). The lowest BCUT2D eigenvalue weighted by molar-refractivity contribution is 0.175. The molecule has 0 saturated heterocycles. The van der Waals surface area contributed by atoms with E-state index < -0.39 is 0 Å². The fraction of sp³-hybridized carbons (Fsp3) is 0.750. The van der Waals surface area contributed by atoms with Crippen molar-refractivity contribution in [3.05, 3.63) is 22.4 Å². The van der Waals surface area contributed by atoms with Crippen LogP contribution in [0.5, 0.6) is 0 Å². The van der Waals surface area contributed by atoms with Gasteiger partial charge in [0.05, 0.1) is 0 Å². The van der Waals surface area contributed by atoms with Crippen LogP contribution in [-0.2, 0) is 6.42 Å². The van der Waals surface area contributed by atoms with Crippen molar-refractivity contribution in [1.29, 1.82) is 0 Å². The highest BCUT2D eigenvalue weighted by Crippen LogP contribution is 2.17. The first kappa shape index (κ1) is 16.7. The zero-order chi connectivity index (χ0) is 14.1. The monoisotopic (exact) mass is 282 g/mol. The SMILES string of the molecule is CCCCCCC(CN)N(C)C(C)Cc1cccs1. The van der Waals surface area contributed by atoms with E-state index in [1.165, 1.54) is 37.0 Å². The van der Waals surface area contributed by atoms with E-state index in [1.54, 1.807) is 0 Å². The number of unbranched alkanes of at least 4 members (excludes halogenated alkanes) is 3. The average molecular weight is 282 g/mol. The third-order valence-corrected chi connectivity index (χ3v) is 4.91. The number of likely N-dealkylation sites (N-methyl/N-ethyl adjacent to an activating group) is 1. The minimum absolute atomic E-state index is 0.534. The lowest BCUT2D eigenvalue weighted by Gasteiger charge is -2.32. The maximum atomic E-state index is 5.96. The zero-order valence-electron chi connectivity index (χ0n) is 12.8. The van der Waals surface area contributed by atoms with Crippen LogP contribution in [0.4, 0.5) is 0 Å². The molecule has 2 nitrogen and oxygen atoms in total. The van der Waals surface area contributed by atoms with E-state index in [1.807, 2.05) is 11.3 Å². The predicted octanol–water partition coefficient (Wildman–Crippen LogP) is 3.91. The Kier molecular flexibility index (Phi) is 8.35. The van der Waals surface area contributed by atoms with Gasteiger partial charge in [-0.2, -0.15) is 0 Å². The quantitative estimate of drug-likeness (QED) is 0.659. The topological polar surface area (TPSA) is 29.3 Å². The first-order valence-corrected chi connectivity index (χ1v) is 8.51. The molecule has 1 heterocycles. The van der Waals surface area contributed by atoms with Crippen LogP contribution in [0.2, 0.25) is 0 Å². The highest BCUT2D eigenvalue weighted by Gasteiger charge is 2.18. The summed E-state index contributed by atoms with van der Waals surface area (Å²) in [4.78, 5) is 3.95. The molecular weight excluding hydrogens is 252 g/mol. The summed E-state index contributed by atoms with van der Waals surface area (Å²) in [6.07, 6.45) is 7.69. The van der Waals surface area contributed by atoms with Gasteiger partial charge in [-0.25, -0.2) is 0 Å². The Morgan fingerprint density at radius 2 is 2.11 bits per heavy atom. The Hall–Kier alpha value is -0.380. The van der Waals surface area contributed by atoms with Crippen molar-refractivity contribution in [3.8, 4) is 0 Å². The molecule has 1 aromatic heterocycles. The highest BCUT2D eigenvalue weighted by atomic mass is 32.1. The number of nitrogens with zero attached hydrogens (tertiary/aromatic N) is 1. The summed E-state index contributed by atoms with van der Waals surface area (Å²) in [5.41, 5.74) is 5.96. The van der Waals surface area contributed by atoms with Gasteiger partial charge in [0.25, 0.3) is 0 Å². The van der Waals surface area contributed by atoms with Crippen molar-refractivity contribution in [2.24, 2.45) is 5.73 Å². The fourth-order valence-electron chi connectivity index (χ4n) is 2.52. The molecule has 2 atom stereocenters. The van der Waals surface area contributed by atoms with E-state index in [0.717, 1.165) is 13.0 Å². The third-order valence-electron chi connectivity index (χ3n) is 4.01. The van der Waals surface area contributed by atoms with E-state index in [-0.39, 0.29) is 0 Å². The van der Waals surface area contributed by atoms with Crippen molar-refractivity contribution in [1.82, 2.24) is 4.90 Å². The number of hydrogen-bond donors (Lipinski definition) is 1. The molecule has 0 fully saturated rings. The first-order chi connectivity index (χ1) is 9.19. The van der Waals surface area contributed by atoms with Crippen molar-refractivity contribution < 1.29 is 0 Å². The molecule has 0 aliphatic carbocycles. The summed E-state index contributed by atoms with van der Waals surface area (Å²) < 4.78 is 0. The van der Waals surface area contributed by atoms with Crippen LogP contribution in [0.1, 0.15) is 50.8 Å². The van der Waals surface area contributed by atoms with E-state index in [4.69, 9.17) is 5.73 Å². The van der Waals surface area contributed by atoms with Crippen LogP contribution < -0.4 is 5.73 Å². The second-order valence-corrected chi connectivity index (χ2v) is 6.57. The van der Waals surface area contributed by atoms with Gasteiger partial charge in [-0.3, -0.25) is 4.90 Å². The van der Waals surface area contributed by atoms with Crippen LogP contribution in [-0.4, -0.2) is 30.6 Å². The van der Waals surface area contributed by atoms with Gasteiger partial charge in [0.15, 0.2) is 0 Å². The molecule has 3 heteroatoms. The second kappa shape index (κ2) is 9.51. The minimum Gasteiger partial charge on any atom is -0.329 e. The van der Waals surface area contributed by atoms with Crippen molar-refractivity contribution in [3.63, 3.8) is 0 Å². The Morgan fingerprint density at radius 1 is 1.32 bits per heavy atom. The molecular formula is C16H30N2S. The van der Waals surface area contributed by atoms with Gasteiger partial charge in [0.2, 0.25) is 0 Å². The highest BCUT2D eigenvalue weighted by molar-refractivity contribution is 7.09. The molecule has 0 amide bonds. The molecule has 2 N–H and O–H groups in total. The van der Waals surface area contributed by atoms with Gasteiger partial charge in [0, 0.05) is 23.5 Å². The maximum Gasteiger partial charge on any atom is 0.0218 e. The summed E-state index contributed by atoms with van der Waals surface area (Å²) in [6.45, 7) is 5.35. The van der Waals surface area contributed by atoms with E-state index >= 15 is 0 Å². The number of nitrogens with two attached hydrogens (primary N) is 1. The summed E-state index contributed by atoms with van der Waals surface area (Å²) in [7, 11) is 2.23. The molecule has 0 bridgehead atoms. The van der Waals surface area contributed by atoms with Gasteiger partial charge in [0.1, 0.15) is 0 Å². The van der Waals surface area contributed by atoms with E-state index in [2.05, 4.69) is 43.3 Å². The molecule has 0 aliphatic heterocycles. The van der Waals surface area contributed by atoms with Crippen LogP contribution in [0.15, 0.2) is 17.5 Å². The molecule has 110 valence electrons. The lowest BCUT2D eigenvalue weighted by atomic mass is 10.0. The number of thiophene rings is 1. The number of hydrogen-bond acceptors (Lipinski definition) is 3. The molecule has 1 aromatic rings. The largest absolute Gasteiger partial charge is 0.329 e. The van der Waals surface area contributed by atoms with Crippen LogP contribution in [0.25, 0.3) is 0 Å². The summed E-state index contributed by atoms with van der Waals surface area (Å²) in [5.74, 6) is 0. The zero-order valence-corrected chi connectivity index (χ0v) is 13.6. The standard InChI is InChI=1S/C16H30N2S/c1-4-5-6-7-9-15(13-17)18(3)14(2)12-16-10-8-11-19-16/h8,10-11,14-15H,4-7,9,12-13,17H2,1-3H3. The predicted molar refractivity (Wildman–Crippen MR) is 86.8 cm³/mol. The van der Waals surface area contributed by atoms with Gasteiger partial charge in [-0.05, 0) is 38.3 Å². The van der Waals surface area contributed by atoms with Crippen molar-refractivity contribution >= 4 is 11.3 Å². The Morgan fingerprint density at radius 3 is 2.68 bits per heavy atom. The van der Waals surface area contributed by atoms with Crippen LogP contribution in [0, 0.1) is 0 Å². The van der Waals surface area contributed by atoms with Gasteiger partial charge >= 0.3 is 0 Å². The lowest BCUT2D eigenvalue weighted by Crippen LogP contribution is -2.43. The molecule has 0 saturated carbocycles. The Bertz CT molecular complexity index is 311. The number of rotatable bonds is 10. The summed E-state index contributed by atoms with van der Waals surface area (Å²) in [5, 5.41) is 2.16. The van der Waals surface area contributed by atoms with Gasteiger partial charge < -0.3 is 5.73 Å². The van der Waals surface area contributed by atoms with Gasteiger partial charge in [-0.1, -0.05) is 38.7 Å². The first-order valence-electron chi connectivity index (χ1n) is 7.63. The van der Waals surface area contributed by atoms with Crippen molar-refractivity contribution in [2.75, 3.05) is 13.6 Å². The third kappa shape index (κ3) is 6.07. The normalized spacial score (nSPS) is 14.8. The van der Waals surface area contributed by atoms with E-state index in [9.17, 15) is 0 Å². The maximum absolute atomic E-state index is 5.96. The molecule has 0 radical (unpaired) electrons. The van der Waals surface area contributed by atoms with Crippen LogP contribution >= 0.6 is 11.3 Å². The summed E-state index contributed by atoms with van der Waals surface area (Å²) >= 11 is 1.85. The van der Waals surface area contributed by atoms with Crippen molar-refractivity contribution in [2.45, 2.75) is 64.5 Å². The fourth-order valence-corrected chi connectivity index (χ4v) is 3.34. The average Bonchev–Trinajstić information content (AvgIpc) is 2.91. The molecule has 19 heavy (non-hydrogen) atoms. The Balaban J connectivity index is 2.36. The molecule has 0 spiro atoms.